The largest absolute Gasteiger partial charge is 0.366 e. The van der Waals surface area contributed by atoms with Crippen molar-refractivity contribution in [3.05, 3.63) is 65.6 Å². The summed E-state index contributed by atoms with van der Waals surface area (Å²) >= 11 is 0. The first-order chi connectivity index (χ1) is 12.3. The SMILES string of the molecule is Cc1ccccc1-n1nc(C(C)(C)C)cc1Nc1cnccc1C(N)=O. The quantitative estimate of drug-likeness (QED) is 0.752. The van der Waals surface area contributed by atoms with Crippen molar-refractivity contribution in [1.82, 2.24) is 14.8 Å². The zero-order chi connectivity index (χ0) is 18.9. The van der Waals surface area contributed by atoms with Gasteiger partial charge in [0.2, 0.25) is 0 Å². The van der Waals surface area contributed by atoms with Gasteiger partial charge in [-0.15, -0.1) is 0 Å². The van der Waals surface area contributed by atoms with Crippen molar-refractivity contribution in [3.63, 3.8) is 0 Å². The minimum Gasteiger partial charge on any atom is -0.366 e. The van der Waals surface area contributed by atoms with Crippen LogP contribution in [0.2, 0.25) is 0 Å². The van der Waals surface area contributed by atoms with E-state index in [-0.39, 0.29) is 5.41 Å². The summed E-state index contributed by atoms with van der Waals surface area (Å²) in [4.78, 5) is 15.8. The molecule has 0 fully saturated rings. The van der Waals surface area contributed by atoms with Crippen LogP contribution >= 0.6 is 0 Å². The molecule has 0 aliphatic carbocycles. The Morgan fingerprint density at radius 3 is 2.58 bits per heavy atom. The molecule has 0 saturated carbocycles. The summed E-state index contributed by atoms with van der Waals surface area (Å²) in [5, 5.41) is 8.08. The summed E-state index contributed by atoms with van der Waals surface area (Å²) < 4.78 is 1.85. The van der Waals surface area contributed by atoms with E-state index in [1.165, 1.54) is 0 Å². The molecule has 6 nitrogen and oxygen atoms in total. The summed E-state index contributed by atoms with van der Waals surface area (Å²) in [6.07, 6.45) is 3.14. The van der Waals surface area contributed by atoms with Gasteiger partial charge in [-0.2, -0.15) is 5.10 Å². The molecule has 0 unspecified atom stereocenters. The molecule has 0 bridgehead atoms. The van der Waals surface area contributed by atoms with Gasteiger partial charge in [-0.1, -0.05) is 39.0 Å². The summed E-state index contributed by atoms with van der Waals surface area (Å²) in [5.74, 6) is 0.243. The van der Waals surface area contributed by atoms with Gasteiger partial charge in [0.1, 0.15) is 5.82 Å². The highest BCUT2D eigenvalue weighted by molar-refractivity contribution is 5.98. The van der Waals surface area contributed by atoms with Crippen LogP contribution in [-0.2, 0) is 5.41 Å². The van der Waals surface area contributed by atoms with E-state index in [0.717, 1.165) is 22.8 Å². The zero-order valence-corrected chi connectivity index (χ0v) is 15.4. The zero-order valence-electron chi connectivity index (χ0n) is 15.4. The number of nitrogens with zero attached hydrogens (tertiary/aromatic N) is 3. The van der Waals surface area contributed by atoms with E-state index in [1.807, 2.05) is 41.9 Å². The van der Waals surface area contributed by atoms with Crippen molar-refractivity contribution in [2.75, 3.05) is 5.32 Å². The normalized spacial score (nSPS) is 11.4. The smallest absolute Gasteiger partial charge is 0.250 e. The Balaban J connectivity index is 2.14. The van der Waals surface area contributed by atoms with Gasteiger partial charge in [-0.25, -0.2) is 4.68 Å². The number of primary amides is 1. The highest BCUT2D eigenvalue weighted by Gasteiger charge is 2.22. The topological polar surface area (TPSA) is 85.8 Å². The van der Waals surface area contributed by atoms with Gasteiger partial charge in [0.05, 0.1) is 28.8 Å². The monoisotopic (exact) mass is 349 g/mol. The number of carbonyl (C=O) groups excluding carboxylic acids is 1. The van der Waals surface area contributed by atoms with Gasteiger partial charge in [-0.3, -0.25) is 9.78 Å². The number of pyridine rings is 1. The number of carbonyl (C=O) groups is 1. The maximum atomic E-state index is 11.7. The molecule has 3 aromatic rings. The van der Waals surface area contributed by atoms with Crippen LogP contribution in [-0.4, -0.2) is 20.7 Å². The summed E-state index contributed by atoms with van der Waals surface area (Å²) in [5.41, 5.74) is 9.31. The number of nitrogens with one attached hydrogen (secondary N) is 1. The van der Waals surface area contributed by atoms with Crippen molar-refractivity contribution in [2.45, 2.75) is 33.1 Å². The highest BCUT2D eigenvalue weighted by Crippen LogP contribution is 2.29. The van der Waals surface area contributed by atoms with Gasteiger partial charge in [-0.05, 0) is 24.6 Å². The van der Waals surface area contributed by atoms with Crippen LogP contribution in [0.1, 0.15) is 42.4 Å². The molecule has 134 valence electrons. The molecule has 0 aliphatic heterocycles. The van der Waals surface area contributed by atoms with Crippen molar-refractivity contribution in [2.24, 2.45) is 5.73 Å². The number of nitrogens with two attached hydrogens (primary N) is 1. The second-order valence-corrected chi connectivity index (χ2v) is 7.27. The van der Waals surface area contributed by atoms with E-state index < -0.39 is 5.91 Å². The lowest BCUT2D eigenvalue weighted by molar-refractivity contribution is 0.100. The molecule has 0 atom stereocenters. The Kier molecular flexibility index (Phi) is 4.50. The lowest BCUT2D eigenvalue weighted by Gasteiger charge is -2.14. The van der Waals surface area contributed by atoms with Crippen LogP contribution in [0.5, 0.6) is 0 Å². The number of amides is 1. The Bertz CT molecular complexity index is 953. The van der Waals surface area contributed by atoms with Gasteiger partial charge >= 0.3 is 0 Å². The Morgan fingerprint density at radius 2 is 1.92 bits per heavy atom. The van der Waals surface area contributed by atoms with Crippen molar-refractivity contribution in [3.8, 4) is 5.69 Å². The van der Waals surface area contributed by atoms with Gasteiger partial charge in [0.15, 0.2) is 0 Å². The molecule has 3 rings (SSSR count). The van der Waals surface area contributed by atoms with Crippen molar-refractivity contribution >= 4 is 17.4 Å². The first-order valence-electron chi connectivity index (χ1n) is 8.45. The summed E-state index contributed by atoms with van der Waals surface area (Å²) in [7, 11) is 0. The Labute approximate surface area is 153 Å². The number of benzene rings is 1. The molecule has 26 heavy (non-hydrogen) atoms. The molecular formula is C20H23N5O. The van der Waals surface area contributed by atoms with E-state index in [9.17, 15) is 4.79 Å². The second-order valence-electron chi connectivity index (χ2n) is 7.27. The minimum absolute atomic E-state index is 0.119. The third-order valence-corrected chi connectivity index (χ3v) is 4.17. The van der Waals surface area contributed by atoms with Crippen LogP contribution in [0, 0.1) is 6.92 Å². The van der Waals surface area contributed by atoms with E-state index in [2.05, 4.69) is 31.1 Å². The number of aromatic nitrogens is 3. The van der Waals surface area contributed by atoms with E-state index in [0.29, 0.717) is 11.3 Å². The predicted octanol–water partition coefficient (Wildman–Crippen LogP) is 3.72. The molecule has 0 saturated heterocycles. The van der Waals surface area contributed by atoms with E-state index in [1.54, 1.807) is 18.5 Å². The van der Waals surface area contributed by atoms with Crippen LogP contribution in [0.25, 0.3) is 5.69 Å². The average molecular weight is 349 g/mol. The molecule has 0 spiro atoms. The van der Waals surface area contributed by atoms with Crippen molar-refractivity contribution in [1.29, 1.82) is 0 Å². The molecule has 2 heterocycles. The number of hydrogen-bond acceptors (Lipinski definition) is 4. The highest BCUT2D eigenvalue weighted by atomic mass is 16.1. The van der Waals surface area contributed by atoms with E-state index >= 15 is 0 Å². The molecule has 6 heteroatoms. The minimum atomic E-state index is -0.507. The predicted molar refractivity (Wildman–Crippen MR) is 103 cm³/mol. The fraction of sp³-hybridized carbons (Fsp3) is 0.250. The van der Waals surface area contributed by atoms with Gasteiger partial charge < -0.3 is 11.1 Å². The van der Waals surface area contributed by atoms with Crippen molar-refractivity contribution < 1.29 is 4.79 Å². The number of anilines is 2. The second kappa shape index (κ2) is 6.63. The lowest BCUT2D eigenvalue weighted by Crippen LogP contribution is -2.14. The fourth-order valence-corrected chi connectivity index (χ4v) is 2.67. The van der Waals surface area contributed by atoms with Crippen LogP contribution in [0.15, 0.2) is 48.8 Å². The first-order valence-corrected chi connectivity index (χ1v) is 8.45. The first kappa shape index (κ1) is 17.7. The maximum absolute atomic E-state index is 11.7. The number of hydrogen-bond donors (Lipinski definition) is 2. The fourth-order valence-electron chi connectivity index (χ4n) is 2.67. The lowest BCUT2D eigenvalue weighted by atomic mass is 9.92. The van der Waals surface area contributed by atoms with Gasteiger partial charge in [0.25, 0.3) is 5.91 Å². The molecule has 1 amide bonds. The number of aryl methyl sites for hydroxylation is 1. The molecule has 0 aliphatic rings. The van der Waals surface area contributed by atoms with Crippen LogP contribution in [0.3, 0.4) is 0 Å². The number of rotatable bonds is 4. The summed E-state index contributed by atoms with van der Waals surface area (Å²) in [6.45, 7) is 8.37. The molecule has 2 aromatic heterocycles. The number of para-hydroxylation sites is 1. The van der Waals surface area contributed by atoms with Gasteiger partial charge in [0, 0.05) is 17.7 Å². The molecule has 1 aromatic carbocycles. The molecule has 3 N–H and O–H groups in total. The van der Waals surface area contributed by atoms with Crippen LogP contribution in [0.4, 0.5) is 11.5 Å². The Morgan fingerprint density at radius 1 is 1.19 bits per heavy atom. The maximum Gasteiger partial charge on any atom is 0.250 e. The van der Waals surface area contributed by atoms with E-state index in [4.69, 9.17) is 10.8 Å². The third kappa shape index (κ3) is 3.44. The Hall–Kier alpha value is -3.15. The third-order valence-electron chi connectivity index (χ3n) is 4.17. The summed E-state index contributed by atoms with van der Waals surface area (Å²) in [6, 6.07) is 11.6. The average Bonchev–Trinajstić information content (AvgIpc) is 2.99. The molecular weight excluding hydrogens is 326 g/mol. The van der Waals surface area contributed by atoms with Crippen LogP contribution < -0.4 is 11.1 Å². The molecule has 0 radical (unpaired) electrons. The standard InChI is InChI=1S/C20H23N5O/c1-13-7-5-6-8-16(13)25-18(11-17(24-25)20(2,3)4)23-15-12-22-10-9-14(15)19(21)26/h5-12,23H,1-4H3,(H2,21,26).